The zero-order chi connectivity index (χ0) is 15.3. The number of ether oxygens (including phenoxy) is 2. The van der Waals surface area contributed by atoms with Gasteiger partial charge in [0.1, 0.15) is 0 Å². The molecule has 0 aromatic heterocycles. The van der Waals surface area contributed by atoms with Gasteiger partial charge in [-0.3, -0.25) is 14.9 Å². The van der Waals surface area contributed by atoms with E-state index >= 15 is 0 Å². The second-order valence-corrected chi connectivity index (χ2v) is 5.29. The third-order valence-electron chi connectivity index (χ3n) is 3.59. The maximum atomic E-state index is 12.1. The average molecular weight is 293 g/mol. The van der Waals surface area contributed by atoms with Crippen molar-refractivity contribution in [3.63, 3.8) is 0 Å². The van der Waals surface area contributed by atoms with Crippen LogP contribution < -0.4 is 0 Å². The number of hydrogen-bond donors (Lipinski definition) is 0. The Kier molecular flexibility index (Phi) is 5.03. The monoisotopic (exact) mass is 293 g/mol. The molecule has 1 fully saturated rings. The zero-order valence-corrected chi connectivity index (χ0v) is 12.0. The summed E-state index contributed by atoms with van der Waals surface area (Å²) in [5.74, 6) is -1.41. The van der Waals surface area contributed by atoms with Crippen molar-refractivity contribution in [1.82, 2.24) is 0 Å². The summed E-state index contributed by atoms with van der Waals surface area (Å²) in [4.78, 5) is 22.8. The molecule has 2 rings (SSSR count). The molecule has 0 radical (unpaired) electrons. The van der Waals surface area contributed by atoms with Crippen molar-refractivity contribution >= 4 is 5.78 Å². The number of hydrogen-bond acceptors (Lipinski definition) is 5. The second kappa shape index (κ2) is 6.78. The van der Waals surface area contributed by atoms with E-state index in [2.05, 4.69) is 0 Å². The van der Waals surface area contributed by atoms with Crippen LogP contribution in [0.2, 0.25) is 0 Å². The summed E-state index contributed by atoms with van der Waals surface area (Å²) in [6.07, 6.45) is 0.599. The van der Waals surface area contributed by atoms with Crippen LogP contribution in [-0.4, -0.2) is 35.7 Å². The van der Waals surface area contributed by atoms with Gasteiger partial charge < -0.3 is 9.47 Å². The first-order valence-corrected chi connectivity index (χ1v) is 6.98. The van der Waals surface area contributed by atoms with Gasteiger partial charge in [-0.05, 0) is 18.9 Å². The molecule has 1 aromatic rings. The molecule has 1 unspecified atom stereocenters. The summed E-state index contributed by atoms with van der Waals surface area (Å²) in [7, 11) is 0. The molecule has 0 aliphatic carbocycles. The van der Waals surface area contributed by atoms with Crippen LogP contribution in [0.25, 0.3) is 0 Å². The molecule has 0 amide bonds. The van der Waals surface area contributed by atoms with Crippen LogP contribution in [0.1, 0.15) is 25.3 Å². The van der Waals surface area contributed by atoms with E-state index in [9.17, 15) is 14.9 Å². The standard InChI is InChI=1S/C15H19NO5/c1-15(20-9-10-21-15)11-13(16(18)19)14(17)8-7-12-5-3-2-4-6-12/h2-6,13H,7-11H2,1H3. The normalized spacial score (nSPS) is 18.3. The minimum atomic E-state index is -1.28. The van der Waals surface area contributed by atoms with Crippen LogP contribution in [0.15, 0.2) is 30.3 Å². The largest absolute Gasteiger partial charge is 0.348 e. The fraction of sp³-hybridized carbons (Fsp3) is 0.533. The Labute approximate surface area is 123 Å². The number of ketones is 1. The van der Waals surface area contributed by atoms with Gasteiger partial charge in [-0.25, -0.2) is 0 Å². The highest BCUT2D eigenvalue weighted by molar-refractivity contribution is 5.83. The molecule has 0 saturated carbocycles. The van der Waals surface area contributed by atoms with E-state index in [0.29, 0.717) is 19.6 Å². The highest BCUT2D eigenvalue weighted by atomic mass is 16.7. The van der Waals surface area contributed by atoms with Gasteiger partial charge in [0.2, 0.25) is 5.78 Å². The molecule has 21 heavy (non-hydrogen) atoms. The van der Waals surface area contributed by atoms with E-state index in [1.165, 1.54) is 0 Å². The smallest absolute Gasteiger partial charge is 0.275 e. The Morgan fingerprint density at radius 3 is 2.52 bits per heavy atom. The number of Topliss-reactive ketones (excluding diaryl/α,β-unsaturated/α-hetero) is 1. The minimum Gasteiger partial charge on any atom is -0.348 e. The quantitative estimate of drug-likeness (QED) is 0.567. The summed E-state index contributed by atoms with van der Waals surface area (Å²) in [5.41, 5.74) is 0.993. The number of carbonyl (C=O) groups excluding carboxylic acids is 1. The van der Waals surface area contributed by atoms with Crippen LogP contribution in [0.3, 0.4) is 0 Å². The number of nitrogens with zero attached hydrogens (tertiary/aromatic N) is 1. The molecular formula is C15H19NO5. The van der Waals surface area contributed by atoms with Gasteiger partial charge in [-0.15, -0.1) is 0 Å². The van der Waals surface area contributed by atoms with Crippen molar-refractivity contribution in [2.75, 3.05) is 13.2 Å². The third kappa shape index (κ3) is 4.34. The van der Waals surface area contributed by atoms with Gasteiger partial charge in [0.05, 0.1) is 19.6 Å². The fourth-order valence-corrected chi connectivity index (χ4v) is 2.41. The van der Waals surface area contributed by atoms with Gasteiger partial charge in [-0.2, -0.15) is 0 Å². The van der Waals surface area contributed by atoms with Crippen molar-refractivity contribution < 1.29 is 19.2 Å². The first-order valence-electron chi connectivity index (χ1n) is 6.98. The number of aryl methyl sites for hydroxylation is 1. The van der Waals surface area contributed by atoms with E-state index in [1.807, 2.05) is 30.3 Å². The predicted molar refractivity (Wildman–Crippen MR) is 75.5 cm³/mol. The molecule has 6 nitrogen and oxygen atoms in total. The molecule has 1 heterocycles. The number of benzene rings is 1. The van der Waals surface area contributed by atoms with Crippen molar-refractivity contribution in [1.29, 1.82) is 0 Å². The first-order chi connectivity index (χ1) is 10.0. The lowest BCUT2D eigenvalue weighted by Gasteiger charge is -2.23. The van der Waals surface area contributed by atoms with Gasteiger partial charge in [0.25, 0.3) is 6.04 Å². The Morgan fingerprint density at radius 2 is 1.95 bits per heavy atom. The summed E-state index contributed by atoms with van der Waals surface area (Å²) in [6, 6.07) is 8.17. The molecule has 0 spiro atoms. The van der Waals surface area contributed by atoms with Crippen molar-refractivity contribution in [3.8, 4) is 0 Å². The molecule has 6 heteroatoms. The predicted octanol–water partition coefficient (Wildman–Crippen LogP) is 1.99. The van der Waals surface area contributed by atoms with E-state index in [-0.39, 0.29) is 18.6 Å². The molecule has 1 saturated heterocycles. The van der Waals surface area contributed by atoms with Crippen LogP contribution in [0.5, 0.6) is 0 Å². The lowest BCUT2D eigenvalue weighted by Crippen LogP contribution is -2.39. The molecule has 114 valence electrons. The maximum Gasteiger partial charge on any atom is 0.275 e. The van der Waals surface area contributed by atoms with Crippen LogP contribution in [0.4, 0.5) is 0 Å². The second-order valence-electron chi connectivity index (χ2n) is 5.29. The Morgan fingerprint density at radius 1 is 1.33 bits per heavy atom. The average Bonchev–Trinajstić information content (AvgIpc) is 2.90. The summed E-state index contributed by atoms with van der Waals surface area (Å²) < 4.78 is 10.7. The summed E-state index contributed by atoms with van der Waals surface area (Å²) in [5, 5.41) is 11.2. The summed E-state index contributed by atoms with van der Waals surface area (Å²) in [6.45, 7) is 2.44. The van der Waals surface area contributed by atoms with Gasteiger partial charge in [0.15, 0.2) is 5.79 Å². The van der Waals surface area contributed by atoms with E-state index < -0.39 is 16.8 Å². The van der Waals surface area contributed by atoms with Crippen LogP contribution in [-0.2, 0) is 20.7 Å². The molecule has 0 N–H and O–H groups in total. The lowest BCUT2D eigenvalue weighted by molar-refractivity contribution is -0.514. The SMILES string of the molecule is CC1(CC(C(=O)CCc2ccccc2)[N+](=O)[O-])OCCO1. The van der Waals surface area contributed by atoms with Crippen LogP contribution in [0, 0.1) is 10.1 Å². The molecule has 0 bridgehead atoms. The molecule has 1 aromatic carbocycles. The lowest BCUT2D eigenvalue weighted by atomic mass is 9.98. The number of rotatable bonds is 7. The van der Waals surface area contributed by atoms with Gasteiger partial charge in [-0.1, -0.05) is 30.3 Å². The Hall–Kier alpha value is -1.79. The van der Waals surface area contributed by atoms with Crippen molar-refractivity contribution in [2.45, 2.75) is 38.0 Å². The minimum absolute atomic E-state index is 0.0480. The van der Waals surface area contributed by atoms with E-state index in [1.54, 1.807) is 6.92 Å². The number of carbonyl (C=O) groups is 1. The molecular weight excluding hydrogens is 274 g/mol. The fourth-order valence-electron chi connectivity index (χ4n) is 2.41. The highest BCUT2D eigenvalue weighted by Crippen LogP contribution is 2.26. The third-order valence-corrected chi connectivity index (χ3v) is 3.59. The van der Waals surface area contributed by atoms with Gasteiger partial charge in [0, 0.05) is 11.3 Å². The van der Waals surface area contributed by atoms with Crippen molar-refractivity contribution in [2.24, 2.45) is 0 Å². The Balaban J connectivity index is 1.94. The van der Waals surface area contributed by atoms with E-state index in [4.69, 9.17) is 9.47 Å². The Bertz CT molecular complexity index is 496. The van der Waals surface area contributed by atoms with Crippen molar-refractivity contribution in [3.05, 3.63) is 46.0 Å². The topological polar surface area (TPSA) is 78.7 Å². The summed E-state index contributed by atoms with van der Waals surface area (Å²) >= 11 is 0. The molecule has 1 aliphatic rings. The number of nitro groups is 1. The van der Waals surface area contributed by atoms with Crippen LogP contribution >= 0.6 is 0 Å². The first kappa shape index (κ1) is 15.6. The maximum absolute atomic E-state index is 12.1. The molecule has 1 atom stereocenters. The highest BCUT2D eigenvalue weighted by Gasteiger charge is 2.41. The van der Waals surface area contributed by atoms with E-state index in [0.717, 1.165) is 5.56 Å². The zero-order valence-electron chi connectivity index (χ0n) is 12.0. The van der Waals surface area contributed by atoms with Gasteiger partial charge >= 0.3 is 0 Å². The molecule has 1 aliphatic heterocycles.